The summed E-state index contributed by atoms with van der Waals surface area (Å²) in [6, 6.07) is 13.6. The third-order valence-electron chi connectivity index (χ3n) is 3.35. The van der Waals surface area contributed by atoms with E-state index in [0.29, 0.717) is 28.4 Å². The van der Waals surface area contributed by atoms with E-state index in [9.17, 15) is 9.59 Å². The summed E-state index contributed by atoms with van der Waals surface area (Å²) in [5.74, 6) is -0.489. The third kappa shape index (κ3) is 5.08. The van der Waals surface area contributed by atoms with Crippen LogP contribution in [-0.4, -0.2) is 43.9 Å². The van der Waals surface area contributed by atoms with E-state index in [1.165, 1.54) is 0 Å². The van der Waals surface area contributed by atoms with Gasteiger partial charge in [-0.1, -0.05) is 29.8 Å². The van der Waals surface area contributed by atoms with E-state index in [0.717, 1.165) is 6.54 Å². The maximum atomic E-state index is 12.3. The minimum atomic E-state index is -0.314. The van der Waals surface area contributed by atoms with E-state index in [-0.39, 0.29) is 11.8 Å². The fourth-order valence-corrected chi connectivity index (χ4v) is 2.30. The van der Waals surface area contributed by atoms with Crippen molar-refractivity contribution >= 4 is 29.1 Å². The van der Waals surface area contributed by atoms with E-state index in [2.05, 4.69) is 10.6 Å². The number of likely N-dealkylation sites (N-methyl/N-ethyl adjacent to an activating group) is 1. The fraction of sp³-hybridized carbons (Fsp3) is 0.222. The Labute approximate surface area is 146 Å². The summed E-state index contributed by atoms with van der Waals surface area (Å²) in [7, 11) is 3.88. The van der Waals surface area contributed by atoms with Crippen LogP contribution in [0.25, 0.3) is 0 Å². The molecule has 6 heteroatoms. The second-order valence-electron chi connectivity index (χ2n) is 5.57. The Morgan fingerprint density at radius 1 is 1.04 bits per heavy atom. The summed E-state index contributed by atoms with van der Waals surface area (Å²) in [5, 5.41) is 5.98. The molecule has 0 atom stereocenters. The molecule has 2 amide bonds. The molecule has 0 aliphatic heterocycles. The van der Waals surface area contributed by atoms with Gasteiger partial charge in [0, 0.05) is 24.3 Å². The van der Waals surface area contributed by atoms with Gasteiger partial charge in [0.15, 0.2) is 0 Å². The van der Waals surface area contributed by atoms with Crippen LogP contribution in [-0.2, 0) is 0 Å². The Kier molecular flexibility index (Phi) is 6.35. The average molecular weight is 346 g/mol. The summed E-state index contributed by atoms with van der Waals surface area (Å²) >= 11 is 6.02. The lowest BCUT2D eigenvalue weighted by atomic mass is 10.1. The normalized spacial score (nSPS) is 10.5. The van der Waals surface area contributed by atoms with Crippen LogP contribution < -0.4 is 10.6 Å². The van der Waals surface area contributed by atoms with Crippen LogP contribution in [0.15, 0.2) is 48.5 Å². The molecule has 0 bridgehead atoms. The van der Waals surface area contributed by atoms with Gasteiger partial charge in [-0.15, -0.1) is 0 Å². The van der Waals surface area contributed by atoms with Crippen LogP contribution in [0.5, 0.6) is 0 Å². The fourth-order valence-electron chi connectivity index (χ4n) is 2.08. The second kappa shape index (κ2) is 8.47. The van der Waals surface area contributed by atoms with E-state index in [1.54, 1.807) is 48.5 Å². The molecule has 0 heterocycles. The molecule has 0 aromatic heterocycles. The van der Waals surface area contributed by atoms with E-state index in [1.807, 2.05) is 19.0 Å². The van der Waals surface area contributed by atoms with Gasteiger partial charge in [0.2, 0.25) is 0 Å². The maximum Gasteiger partial charge on any atom is 0.257 e. The lowest BCUT2D eigenvalue weighted by Crippen LogP contribution is -2.31. The van der Waals surface area contributed by atoms with Gasteiger partial charge in [0.1, 0.15) is 0 Å². The van der Waals surface area contributed by atoms with Crippen LogP contribution >= 0.6 is 11.6 Å². The molecule has 2 N–H and O–H groups in total. The lowest BCUT2D eigenvalue weighted by Gasteiger charge is -2.11. The van der Waals surface area contributed by atoms with Crippen molar-refractivity contribution in [1.82, 2.24) is 10.2 Å². The number of amides is 2. The number of nitrogens with one attached hydrogen (secondary N) is 2. The molecule has 0 aliphatic rings. The molecule has 2 aromatic rings. The van der Waals surface area contributed by atoms with E-state index in [4.69, 9.17) is 11.6 Å². The Morgan fingerprint density at radius 3 is 2.50 bits per heavy atom. The number of anilines is 1. The average Bonchev–Trinajstić information content (AvgIpc) is 2.55. The second-order valence-corrected chi connectivity index (χ2v) is 5.98. The van der Waals surface area contributed by atoms with Crippen LogP contribution in [0.2, 0.25) is 5.02 Å². The SMILES string of the molecule is CN(C)CCNC(=O)c1cccc(NC(=O)c2ccccc2Cl)c1. The summed E-state index contributed by atoms with van der Waals surface area (Å²) in [6.45, 7) is 1.32. The molecule has 0 saturated heterocycles. The van der Waals surface area contributed by atoms with Gasteiger partial charge in [0.05, 0.1) is 10.6 Å². The third-order valence-corrected chi connectivity index (χ3v) is 3.68. The molecule has 0 saturated carbocycles. The van der Waals surface area contributed by atoms with Crippen molar-refractivity contribution in [2.24, 2.45) is 0 Å². The van der Waals surface area contributed by atoms with Crippen molar-refractivity contribution in [2.75, 3.05) is 32.5 Å². The highest BCUT2D eigenvalue weighted by molar-refractivity contribution is 6.34. The minimum absolute atomic E-state index is 0.175. The van der Waals surface area contributed by atoms with Crippen molar-refractivity contribution in [3.05, 3.63) is 64.7 Å². The van der Waals surface area contributed by atoms with E-state index < -0.39 is 0 Å². The first-order chi connectivity index (χ1) is 11.5. The highest BCUT2D eigenvalue weighted by Crippen LogP contribution is 2.18. The molecular formula is C18H20ClN3O2. The molecule has 2 rings (SSSR count). The quantitative estimate of drug-likeness (QED) is 0.846. The summed E-state index contributed by atoms with van der Waals surface area (Å²) in [6.07, 6.45) is 0. The molecule has 0 spiro atoms. The molecule has 0 aliphatic carbocycles. The summed E-state index contributed by atoms with van der Waals surface area (Å²) in [4.78, 5) is 26.4. The molecule has 0 unspecified atom stereocenters. The zero-order valence-electron chi connectivity index (χ0n) is 13.7. The van der Waals surface area contributed by atoms with Crippen LogP contribution in [0, 0.1) is 0 Å². The number of nitrogens with zero attached hydrogens (tertiary/aromatic N) is 1. The van der Waals surface area contributed by atoms with Crippen molar-refractivity contribution in [3.63, 3.8) is 0 Å². The highest BCUT2D eigenvalue weighted by atomic mass is 35.5. The van der Waals surface area contributed by atoms with Crippen LogP contribution in [0.1, 0.15) is 20.7 Å². The molecule has 5 nitrogen and oxygen atoms in total. The zero-order valence-corrected chi connectivity index (χ0v) is 14.4. The lowest BCUT2D eigenvalue weighted by molar-refractivity contribution is 0.0949. The Balaban J connectivity index is 2.03. The zero-order chi connectivity index (χ0) is 17.5. The molecular weight excluding hydrogens is 326 g/mol. The van der Waals surface area contributed by atoms with Gasteiger partial charge in [-0.3, -0.25) is 9.59 Å². The predicted octanol–water partition coefficient (Wildman–Crippen LogP) is 2.88. The van der Waals surface area contributed by atoms with Crippen molar-refractivity contribution in [1.29, 1.82) is 0 Å². The smallest absolute Gasteiger partial charge is 0.257 e. The standard InChI is InChI=1S/C18H20ClN3O2/c1-22(2)11-10-20-17(23)13-6-5-7-14(12-13)21-18(24)15-8-3-4-9-16(15)19/h3-9,12H,10-11H2,1-2H3,(H,20,23)(H,21,24). The number of hydrogen-bond acceptors (Lipinski definition) is 3. The predicted molar refractivity (Wildman–Crippen MR) is 96.7 cm³/mol. The summed E-state index contributed by atoms with van der Waals surface area (Å²) in [5.41, 5.74) is 1.42. The molecule has 0 fully saturated rings. The maximum absolute atomic E-state index is 12.3. The summed E-state index contributed by atoms with van der Waals surface area (Å²) < 4.78 is 0. The number of benzene rings is 2. The Bertz CT molecular complexity index is 732. The van der Waals surface area contributed by atoms with Gasteiger partial charge in [0.25, 0.3) is 11.8 Å². The number of carbonyl (C=O) groups is 2. The van der Waals surface area contributed by atoms with Gasteiger partial charge in [-0.05, 0) is 44.4 Å². The molecule has 24 heavy (non-hydrogen) atoms. The monoisotopic (exact) mass is 345 g/mol. The van der Waals surface area contributed by atoms with Gasteiger partial charge in [-0.25, -0.2) is 0 Å². The molecule has 126 valence electrons. The van der Waals surface area contributed by atoms with E-state index >= 15 is 0 Å². The van der Waals surface area contributed by atoms with Crippen molar-refractivity contribution in [2.45, 2.75) is 0 Å². The Morgan fingerprint density at radius 2 is 1.79 bits per heavy atom. The first-order valence-electron chi connectivity index (χ1n) is 7.56. The first-order valence-corrected chi connectivity index (χ1v) is 7.94. The minimum Gasteiger partial charge on any atom is -0.351 e. The van der Waals surface area contributed by atoms with Gasteiger partial charge < -0.3 is 15.5 Å². The van der Waals surface area contributed by atoms with Crippen LogP contribution in [0.4, 0.5) is 5.69 Å². The van der Waals surface area contributed by atoms with Gasteiger partial charge in [-0.2, -0.15) is 0 Å². The molecule has 2 aromatic carbocycles. The number of hydrogen-bond donors (Lipinski definition) is 2. The van der Waals surface area contributed by atoms with Crippen LogP contribution in [0.3, 0.4) is 0 Å². The van der Waals surface area contributed by atoms with Crippen molar-refractivity contribution < 1.29 is 9.59 Å². The van der Waals surface area contributed by atoms with Crippen molar-refractivity contribution in [3.8, 4) is 0 Å². The largest absolute Gasteiger partial charge is 0.351 e. The Hall–Kier alpha value is -2.37. The van der Waals surface area contributed by atoms with Gasteiger partial charge >= 0.3 is 0 Å². The molecule has 0 radical (unpaired) electrons. The highest BCUT2D eigenvalue weighted by Gasteiger charge is 2.11. The first kappa shape index (κ1) is 18.0. The number of rotatable bonds is 6. The topological polar surface area (TPSA) is 61.4 Å². The number of carbonyl (C=O) groups excluding carboxylic acids is 2. The number of halogens is 1.